The average Bonchev–Trinajstić information content (AvgIpc) is 2.02. The van der Waals surface area contributed by atoms with Gasteiger partial charge in [0.25, 0.3) is 0 Å². The maximum absolute atomic E-state index is 6.00. The molecule has 0 aliphatic carbocycles. The summed E-state index contributed by atoms with van der Waals surface area (Å²) in [7, 11) is 0. The maximum atomic E-state index is 6.00. The van der Waals surface area contributed by atoms with Crippen LogP contribution in [0.25, 0.3) is 0 Å². The van der Waals surface area contributed by atoms with Crippen molar-refractivity contribution in [1.82, 2.24) is 4.98 Å². The summed E-state index contributed by atoms with van der Waals surface area (Å²) < 4.78 is 0.923. The first kappa shape index (κ1) is 11.3. The van der Waals surface area contributed by atoms with Gasteiger partial charge < -0.3 is 0 Å². The normalized spacial score (nSPS) is 10.8. The van der Waals surface area contributed by atoms with E-state index in [0.717, 1.165) is 20.3 Å². The van der Waals surface area contributed by atoms with Crippen LogP contribution >= 0.6 is 39.3 Å². The van der Waals surface area contributed by atoms with Crippen molar-refractivity contribution in [3.63, 3.8) is 0 Å². The topological polar surface area (TPSA) is 12.9 Å². The zero-order valence-electron chi connectivity index (χ0n) is 7.55. The number of pyridine rings is 1. The largest absolute Gasteiger partial charge is 0.247 e. The van der Waals surface area contributed by atoms with Gasteiger partial charge in [0, 0.05) is 16.4 Å². The highest BCUT2D eigenvalue weighted by Gasteiger charge is 2.04. The minimum atomic E-state index is 0.659. The van der Waals surface area contributed by atoms with Gasteiger partial charge in [-0.25, -0.2) is 4.98 Å². The van der Waals surface area contributed by atoms with Crippen LogP contribution < -0.4 is 0 Å². The minimum absolute atomic E-state index is 0.659. The fraction of sp³-hybridized carbons (Fsp3) is 0.444. The van der Waals surface area contributed by atoms with E-state index in [-0.39, 0.29) is 0 Å². The highest BCUT2D eigenvalue weighted by molar-refractivity contribution is 9.10. The van der Waals surface area contributed by atoms with Crippen molar-refractivity contribution in [1.29, 1.82) is 0 Å². The van der Waals surface area contributed by atoms with Gasteiger partial charge >= 0.3 is 0 Å². The molecule has 0 aliphatic heterocycles. The average molecular weight is 281 g/mol. The second-order valence-electron chi connectivity index (χ2n) is 3.15. The third-order valence-electron chi connectivity index (χ3n) is 1.33. The van der Waals surface area contributed by atoms with Crippen molar-refractivity contribution in [2.24, 2.45) is 5.92 Å². The van der Waals surface area contributed by atoms with Gasteiger partial charge in [0.2, 0.25) is 0 Å². The molecule has 0 atom stereocenters. The van der Waals surface area contributed by atoms with E-state index in [0.29, 0.717) is 5.92 Å². The molecular weight excluding hydrogens is 270 g/mol. The van der Waals surface area contributed by atoms with Crippen LogP contribution in [0.5, 0.6) is 0 Å². The molecule has 0 aliphatic rings. The lowest BCUT2D eigenvalue weighted by Gasteiger charge is -2.05. The summed E-state index contributed by atoms with van der Waals surface area (Å²) >= 11 is 11.0. The van der Waals surface area contributed by atoms with Crippen LogP contribution in [0.2, 0.25) is 5.02 Å². The van der Waals surface area contributed by atoms with Crippen molar-refractivity contribution in [3.05, 3.63) is 21.8 Å². The Bertz CT molecular complexity index is 291. The van der Waals surface area contributed by atoms with E-state index >= 15 is 0 Å². The number of hydrogen-bond donors (Lipinski definition) is 0. The molecule has 0 radical (unpaired) electrons. The van der Waals surface area contributed by atoms with Crippen LogP contribution in [-0.4, -0.2) is 10.7 Å². The highest BCUT2D eigenvalue weighted by atomic mass is 79.9. The number of halogens is 2. The van der Waals surface area contributed by atoms with E-state index in [9.17, 15) is 0 Å². The number of nitrogens with zero attached hydrogens (tertiary/aromatic N) is 1. The zero-order valence-corrected chi connectivity index (χ0v) is 10.7. The van der Waals surface area contributed by atoms with Crippen LogP contribution in [-0.2, 0) is 0 Å². The Kier molecular flexibility index (Phi) is 4.56. The van der Waals surface area contributed by atoms with Gasteiger partial charge in [-0.05, 0) is 27.9 Å². The maximum Gasteiger partial charge on any atom is 0.115 e. The fourth-order valence-electron chi connectivity index (χ4n) is 0.754. The van der Waals surface area contributed by atoms with Crippen molar-refractivity contribution in [3.8, 4) is 0 Å². The van der Waals surface area contributed by atoms with Crippen LogP contribution in [0.15, 0.2) is 21.8 Å². The second-order valence-corrected chi connectivity index (χ2v) is 5.48. The molecule has 0 saturated carbocycles. The van der Waals surface area contributed by atoms with E-state index in [1.807, 2.05) is 6.07 Å². The lowest BCUT2D eigenvalue weighted by atomic mass is 10.3. The molecule has 0 aromatic carbocycles. The van der Waals surface area contributed by atoms with Gasteiger partial charge in [0.15, 0.2) is 0 Å². The summed E-state index contributed by atoms with van der Waals surface area (Å²) in [5.74, 6) is 1.71. The van der Waals surface area contributed by atoms with E-state index < -0.39 is 0 Å². The SMILES string of the molecule is CC(C)CSc1ncc(Br)cc1Cl. The van der Waals surface area contributed by atoms with Crippen LogP contribution in [0.3, 0.4) is 0 Å². The molecule has 0 amide bonds. The molecule has 0 spiro atoms. The lowest BCUT2D eigenvalue weighted by Crippen LogP contribution is -1.91. The number of hydrogen-bond acceptors (Lipinski definition) is 2. The van der Waals surface area contributed by atoms with Crippen molar-refractivity contribution < 1.29 is 0 Å². The molecule has 0 saturated heterocycles. The number of thioether (sulfide) groups is 1. The second kappa shape index (κ2) is 5.23. The molecule has 0 fully saturated rings. The van der Waals surface area contributed by atoms with E-state index in [2.05, 4.69) is 34.8 Å². The molecule has 0 bridgehead atoms. The quantitative estimate of drug-likeness (QED) is 0.768. The summed E-state index contributed by atoms with van der Waals surface area (Å²) in [6.45, 7) is 4.36. The third kappa shape index (κ3) is 3.88. The summed E-state index contributed by atoms with van der Waals surface area (Å²) in [5.41, 5.74) is 0. The van der Waals surface area contributed by atoms with Gasteiger partial charge in [0.1, 0.15) is 5.03 Å². The van der Waals surface area contributed by atoms with Crippen molar-refractivity contribution in [2.75, 3.05) is 5.75 Å². The Balaban J connectivity index is 2.67. The monoisotopic (exact) mass is 279 g/mol. The Labute approximate surface area is 96.4 Å². The van der Waals surface area contributed by atoms with E-state index in [1.165, 1.54) is 0 Å². The van der Waals surface area contributed by atoms with Crippen molar-refractivity contribution in [2.45, 2.75) is 18.9 Å². The smallest absolute Gasteiger partial charge is 0.115 e. The Morgan fingerprint density at radius 2 is 2.31 bits per heavy atom. The molecule has 0 N–H and O–H groups in total. The first-order chi connectivity index (χ1) is 6.09. The van der Waals surface area contributed by atoms with Gasteiger partial charge in [-0.3, -0.25) is 0 Å². The summed E-state index contributed by atoms with van der Waals surface area (Å²) in [4.78, 5) is 4.23. The molecule has 1 nitrogen and oxygen atoms in total. The van der Waals surface area contributed by atoms with Gasteiger partial charge in [0.05, 0.1) is 5.02 Å². The summed E-state index contributed by atoms with van der Waals surface area (Å²) in [6.07, 6.45) is 1.77. The predicted molar refractivity (Wildman–Crippen MR) is 62.5 cm³/mol. The first-order valence-electron chi connectivity index (χ1n) is 4.03. The van der Waals surface area contributed by atoms with Gasteiger partial charge in [-0.15, -0.1) is 11.8 Å². The Morgan fingerprint density at radius 3 is 2.85 bits per heavy atom. The first-order valence-corrected chi connectivity index (χ1v) is 6.19. The zero-order chi connectivity index (χ0) is 9.84. The molecule has 1 rings (SSSR count). The van der Waals surface area contributed by atoms with Crippen LogP contribution in [0.1, 0.15) is 13.8 Å². The van der Waals surface area contributed by atoms with Crippen LogP contribution in [0.4, 0.5) is 0 Å². The molecule has 0 unspecified atom stereocenters. The third-order valence-corrected chi connectivity index (χ3v) is 3.59. The lowest BCUT2D eigenvalue weighted by molar-refractivity contribution is 0.749. The summed E-state index contributed by atoms with van der Waals surface area (Å²) in [6, 6.07) is 1.87. The molecule has 72 valence electrons. The number of rotatable bonds is 3. The van der Waals surface area contributed by atoms with E-state index in [4.69, 9.17) is 11.6 Å². The standard InChI is InChI=1S/C9H11BrClNS/c1-6(2)5-13-9-8(11)3-7(10)4-12-9/h3-4,6H,5H2,1-2H3. The molecule has 1 aromatic rings. The molecule has 1 aromatic heterocycles. The number of aromatic nitrogens is 1. The van der Waals surface area contributed by atoms with E-state index in [1.54, 1.807) is 18.0 Å². The molecule has 1 heterocycles. The minimum Gasteiger partial charge on any atom is -0.247 e. The highest BCUT2D eigenvalue weighted by Crippen LogP contribution is 2.28. The fourth-order valence-corrected chi connectivity index (χ4v) is 2.36. The van der Waals surface area contributed by atoms with Crippen LogP contribution in [0, 0.1) is 5.92 Å². The Hall–Kier alpha value is 0.270. The predicted octanol–water partition coefficient (Wildman–Crippen LogP) is 4.25. The van der Waals surface area contributed by atoms with Gasteiger partial charge in [-0.2, -0.15) is 0 Å². The van der Waals surface area contributed by atoms with Gasteiger partial charge in [-0.1, -0.05) is 25.4 Å². The molecule has 4 heteroatoms. The molecule has 13 heavy (non-hydrogen) atoms. The molecular formula is C9H11BrClNS. The van der Waals surface area contributed by atoms with Crippen molar-refractivity contribution >= 4 is 39.3 Å². The Morgan fingerprint density at radius 1 is 1.62 bits per heavy atom. The summed E-state index contributed by atoms with van der Waals surface area (Å²) in [5, 5.41) is 1.64.